The molecule has 0 aliphatic carbocycles. The zero-order chi connectivity index (χ0) is 15.3. The van der Waals surface area contributed by atoms with Crippen LogP contribution < -0.4 is 0 Å². The van der Waals surface area contributed by atoms with E-state index in [2.05, 4.69) is 10.2 Å². The molecule has 1 heterocycles. The molecule has 0 N–H and O–H groups in total. The van der Waals surface area contributed by atoms with Crippen molar-refractivity contribution in [3.8, 4) is 6.07 Å². The molecule has 0 amide bonds. The zero-order valence-corrected chi connectivity index (χ0v) is 13.4. The summed E-state index contributed by atoms with van der Waals surface area (Å²) in [4.78, 5) is 0. The number of halogens is 1. The molecule has 0 bridgehead atoms. The van der Waals surface area contributed by atoms with E-state index in [1.807, 2.05) is 19.9 Å². The minimum Gasteiger partial charge on any atom is -0.222 e. The van der Waals surface area contributed by atoms with Gasteiger partial charge in [-0.25, -0.2) is 8.42 Å². The maximum Gasteiger partial charge on any atom is 0.201 e. The Morgan fingerprint density at radius 2 is 1.95 bits per heavy atom. The maximum atomic E-state index is 12.5. The van der Waals surface area contributed by atoms with Gasteiger partial charge in [-0.05, 0) is 31.7 Å². The van der Waals surface area contributed by atoms with E-state index in [0.717, 1.165) is 0 Å². The first kappa shape index (κ1) is 16.9. The van der Waals surface area contributed by atoms with Crippen LogP contribution in [0.15, 0.2) is 5.03 Å². The van der Waals surface area contributed by atoms with E-state index >= 15 is 0 Å². The largest absolute Gasteiger partial charge is 0.222 e. The van der Waals surface area contributed by atoms with Crippen LogP contribution >= 0.6 is 11.6 Å². The average molecular weight is 316 g/mol. The van der Waals surface area contributed by atoms with Crippen molar-refractivity contribution in [2.45, 2.75) is 50.3 Å². The summed E-state index contributed by atoms with van der Waals surface area (Å²) >= 11 is 5.60. The summed E-state index contributed by atoms with van der Waals surface area (Å²) in [6.07, 6.45) is 1.48. The molecule has 5 nitrogen and oxygen atoms in total. The molecule has 0 radical (unpaired) electrons. The van der Waals surface area contributed by atoms with Crippen LogP contribution in [-0.2, 0) is 22.7 Å². The SMILES string of the molecule is CCc1nnc(S(=O)(=O)C(C)CCCl)c(C#N)c1CC. The summed E-state index contributed by atoms with van der Waals surface area (Å²) in [6, 6.07) is 1.98. The topological polar surface area (TPSA) is 83.7 Å². The molecule has 110 valence electrons. The quantitative estimate of drug-likeness (QED) is 0.752. The molecule has 0 spiro atoms. The van der Waals surface area contributed by atoms with Crippen molar-refractivity contribution in [1.82, 2.24) is 10.2 Å². The number of sulfone groups is 1. The van der Waals surface area contributed by atoms with Gasteiger partial charge in [-0.15, -0.1) is 16.7 Å². The Bertz CT molecular complexity index is 623. The van der Waals surface area contributed by atoms with Crippen LogP contribution in [0.4, 0.5) is 0 Å². The van der Waals surface area contributed by atoms with Crippen molar-refractivity contribution < 1.29 is 8.42 Å². The van der Waals surface area contributed by atoms with Gasteiger partial charge >= 0.3 is 0 Å². The van der Waals surface area contributed by atoms with E-state index in [0.29, 0.717) is 30.5 Å². The summed E-state index contributed by atoms with van der Waals surface area (Å²) in [6.45, 7) is 5.34. The van der Waals surface area contributed by atoms with Gasteiger partial charge < -0.3 is 0 Å². The van der Waals surface area contributed by atoms with E-state index in [-0.39, 0.29) is 16.5 Å². The highest BCUT2D eigenvalue weighted by Gasteiger charge is 2.30. The highest BCUT2D eigenvalue weighted by molar-refractivity contribution is 7.92. The smallest absolute Gasteiger partial charge is 0.201 e. The number of hydrogen-bond acceptors (Lipinski definition) is 5. The molecule has 1 aromatic heterocycles. The van der Waals surface area contributed by atoms with Crippen LogP contribution in [0.5, 0.6) is 0 Å². The summed E-state index contributed by atoms with van der Waals surface area (Å²) in [5, 5.41) is 16.2. The number of nitrogens with zero attached hydrogens (tertiary/aromatic N) is 3. The van der Waals surface area contributed by atoms with E-state index in [9.17, 15) is 13.7 Å². The van der Waals surface area contributed by atoms with E-state index < -0.39 is 15.1 Å². The molecule has 0 aliphatic heterocycles. The first-order chi connectivity index (χ1) is 9.43. The lowest BCUT2D eigenvalue weighted by Crippen LogP contribution is -2.22. The van der Waals surface area contributed by atoms with Gasteiger partial charge in [-0.2, -0.15) is 10.4 Å². The second-order valence-corrected chi connectivity index (χ2v) is 7.12. The lowest BCUT2D eigenvalue weighted by Gasteiger charge is -2.14. The van der Waals surface area contributed by atoms with Crippen molar-refractivity contribution in [3.63, 3.8) is 0 Å². The standard InChI is InChI=1S/C13H18ClN3O2S/c1-4-10-11(8-15)13(17-16-12(10)5-2)20(18,19)9(3)6-7-14/h9H,4-7H2,1-3H3. The van der Waals surface area contributed by atoms with Crippen molar-refractivity contribution in [1.29, 1.82) is 5.26 Å². The van der Waals surface area contributed by atoms with Crippen molar-refractivity contribution in [2.75, 3.05) is 5.88 Å². The first-order valence-electron chi connectivity index (χ1n) is 6.52. The minimum atomic E-state index is -3.68. The van der Waals surface area contributed by atoms with Crippen molar-refractivity contribution in [3.05, 3.63) is 16.8 Å². The van der Waals surface area contributed by atoms with E-state index in [1.165, 1.54) is 0 Å². The average Bonchev–Trinajstić information content (AvgIpc) is 2.45. The van der Waals surface area contributed by atoms with Gasteiger partial charge in [0.1, 0.15) is 6.07 Å². The molecular weight excluding hydrogens is 298 g/mol. The fourth-order valence-electron chi connectivity index (χ4n) is 1.97. The molecule has 0 fully saturated rings. The molecule has 1 atom stereocenters. The van der Waals surface area contributed by atoms with Gasteiger partial charge in [-0.3, -0.25) is 0 Å². The number of aryl methyl sites for hydroxylation is 1. The summed E-state index contributed by atoms with van der Waals surface area (Å²) < 4.78 is 24.9. The highest BCUT2D eigenvalue weighted by atomic mass is 35.5. The van der Waals surface area contributed by atoms with Crippen LogP contribution in [0.3, 0.4) is 0 Å². The molecule has 0 saturated carbocycles. The van der Waals surface area contributed by atoms with Crippen LogP contribution in [0.2, 0.25) is 0 Å². The van der Waals surface area contributed by atoms with E-state index in [4.69, 9.17) is 11.6 Å². The van der Waals surface area contributed by atoms with Gasteiger partial charge in [-0.1, -0.05) is 13.8 Å². The number of rotatable bonds is 6. The highest BCUT2D eigenvalue weighted by Crippen LogP contribution is 2.24. The second kappa shape index (κ2) is 7.00. The van der Waals surface area contributed by atoms with E-state index in [1.54, 1.807) is 6.92 Å². The molecule has 0 saturated heterocycles. The minimum absolute atomic E-state index is 0.126. The third-order valence-corrected chi connectivity index (χ3v) is 5.58. The Morgan fingerprint density at radius 3 is 2.40 bits per heavy atom. The molecule has 1 rings (SSSR count). The predicted molar refractivity (Wildman–Crippen MR) is 77.5 cm³/mol. The van der Waals surface area contributed by atoms with Gasteiger partial charge in [0.25, 0.3) is 0 Å². The van der Waals surface area contributed by atoms with Crippen LogP contribution in [0, 0.1) is 11.3 Å². The Morgan fingerprint density at radius 1 is 1.30 bits per heavy atom. The number of hydrogen-bond donors (Lipinski definition) is 0. The van der Waals surface area contributed by atoms with Gasteiger partial charge in [0.2, 0.25) is 9.84 Å². The molecule has 0 aromatic carbocycles. The second-order valence-electron chi connectivity index (χ2n) is 4.46. The Kier molecular flexibility index (Phi) is 5.90. The summed E-state index contributed by atoms with van der Waals surface area (Å²) in [5.74, 6) is 0.239. The van der Waals surface area contributed by atoms with Gasteiger partial charge in [0, 0.05) is 5.88 Å². The molecule has 1 aromatic rings. The third-order valence-electron chi connectivity index (χ3n) is 3.24. The number of nitriles is 1. The van der Waals surface area contributed by atoms with Gasteiger partial charge in [0.05, 0.1) is 16.5 Å². The van der Waals surface area contributed by atoms with Crippen LogP contribution in [0.25, 0.3) is 0 Å². The van der Waals surface area contributed by atoms with Crippen LogP contribution in [0.1, 0.15) is 44.0 Å². The van der Waals surface area contributed by atoms with Crippen LogP contribution in [-0.4, -0.2) is 29.7 Å². The Hall–Kier alpha value is -1.19. The molecular formula is C13H18ClN3O2S. The zero-order valence-electron chi connectivity index (χ0n) is 11.9. The molecule has 1 unspecified atom stereocenters. The Labute approximate surface area is 124 Å². The summed E-state index contributed by atoms with van der Waals surface area (Å²) in [5.41, 5.74) is 1.47. The van der Waals surface area contributed by atoms with Crippen molar-refractivity contribution in [2.24, 2.45) is 0 Å². The number of alkyl halides is 1. The predicted octanol–water partition coefficient (Wildman–Crippen LogP) is 2.26. The monoisotopic (exact) mass is 315 g/mol. The fraction of sp³-hybridized carbons (Fsp3) is 0.615. The van der Waals surface area contributed by atoms with Crippen molar-refractivity contribution >= 4 is 21.4 Å². The fourth-order valence-corrected chi connectivity index (χ4v) is 3.84. The third kappa shape index (κ3) is 3.10. The number of aromatic nitrogens is 2. The van der Waals surface area contributed by atoms with Gasteiger partial charge in [0.15, 0.2) is 5.03 Å². The normalized spacial score (nSPS) is 12.9. The molecule has 0 aliphatic rings. The summed E-state index contributed by atoms with van der Waals surface area (Å²) in [7, 11) is -3.68. The lowest BCUT2D eigenvalue weighted by molar-refractivity contribution is 0.573. The molecule has 20 heavy (non-hydrogen) atoms. The maximum absolute atomic E-state index is 12.5. The first-order valence-corrected chi connectivity index (χ1v) is 8.60. The lowest BCUT2D eigenvalue weighted by atomic mass is 10.1. The Balaban J connectivity index is 3.51. The molecule has 7 heteroatoms.